The maximum absolute atomic E-state index is 12.8. The first-order valence-electron chi connectivity index (χ1n) is 8.80. The Bertz CT molecular complexity index is 815. The lowest BCUT2D eigenvalue weighted by Crippen LogP contribution is -2.44. The van der Waals surface area contributed by atoms with Crippen molar-refractivity contribution in [2.45, 2.75) is 18.3 Å². The van der Waals surface area contributed by atoms with Gasteiger partial charge < -0.3 is 9.80 Å². The molecule has 128 valence electrons. The Morgan fingerprint density at radius 1 is 1.12 bits per heavy atom. The van der Waals surface area contributed by atoms with E-state index < -0.39 is 0 Å². The fourth-order valence-corrected chi connectivity index (χ4v) is 3.89. The van der Waals surface area contributed by atoms with Crippen LogP contribution in [0.2, 0.25) is 0 Å². The van der Waals surface area contributed by atoms with E-state index in [1.165, 1.54) is 11.3 Å². The van der Waals surface area contributed by atoms with Gasteiger partial charge in [0.2, 0.25) is 0 Å². The molecule has 0 atom stereocenters. The normalized spacial score (nSPS) is 17.6. The summed E-state index contributed by atoms with van der Waals surface area (Å²) in [4.78, 5) is 21.4. The molecule has 2 aromatic rings. The maximum atomic E-state index is 12.8. The Labute approximate surface area is 148 Å². The number of pyridine rings is 1. The summed E-state index contributed by atoms with van der Waals surface area (Å²) in [7, 11) is 4.00. The topological polar surface area (TPSA) is 36.4 Å². The third-order valence-corrected chi connectivity index (χ3v) is 5.47. The second-order valence-corrected chi connectivity index (χ2v) is 7.16. The number of amides is 1. The van der Waals surface area contributed by atoms with Gasteiger partial charge in [0.05, 0.1) is 5.69 Å². The number of aromatic nitrogens is 1. The number of carbonyl (C=O) groups excluding carboxylic acids is 1. The van der Waals surface area contributed by atoms with Gasteiger partial charge in [-0.3, -0.25) is 9.78 Å². The minimum Gasteiger partial charge on any atom is -0.378 e. The smallest absolute Gasteiger partial charge is 0.253 e. The molecule has 1 aromatic carbocycles. The molecule has 4 nitrogen and oxygen atoms in total. The summed E-state index contributed by atoms with van der Waals surface area (Å²) in [5, 5.41) is 0. The van der Waals surface area contributed by atoms with Crippen molar-refractivity contribution < 1.29 is 4.79 Å². The number of piperidine rings is 1. The van der Waals surface area contributed by atoms with Crippen LogP contribution in [0, 0.1) is 0 Å². The molecule has 2 heterocycles. The van der Waals surface area contributed by atoms with Crippen LogP contribution in [0.5, 0.6) is 0 Å². The van der Waals surface area contributed by atoms with E-state index in [1.807, 2.05) is 60.4 Å². The fourth-order valence-electron chi connectivity index (χ4n) is 3.89. The van der Waals surface area contributed by atoms with E-state index >= 15 is 0 Å². The van der Waals surface area contributed by atoms with Crippen molar-refractivity contribution in [3.8, 4) is 0 Å². The number of rotatable bonds is 2. The van der Waals surface area contributed by atoms with Crippen molar-refractivity contribution in [1.82, 2.24) is 9.88 Å². The average Bonchev–Trinajstić information content (AvgIpc) is 3.01. The zero-order chi connectivity index (χ0) is 17.4. The average molecular weight is 333 g/mol. The van der Waals surface area contributed by atoms with Crippen LogP contribution in [0.4, 0.5) is 5.69 Å². The zero-order valence-electron chi connectivity index (χ0n) is 14.8. The summed E-state index contributed by atoms with van der Waals surface area (Å²) in [5.41, 5.74) is 4.29. The standard InChI is InChI=1S/C21H23N3O/c1-23(2)18-7-5-17(6-8-18)20(25)24-14-11-21(12-15-24)10-9-16-4-3-13-22-19(16)21/h3-10,13H,11-12,14-15H2,1-2H3. The van der Waals surface area contributed by atoms with Gasteiger partial charge in [-0.25, -0.2) is 0 Å². The minimum absolute atomic E-state index is 0.0160. The van der Waals surface area contributed by atoms with E-state index in [0.29, 0.717) is 0 Å². The van der Waals surface area contributed by atoms with Crippen molar-refractivity contribution in [2.75, 3.05) is 32.1 Å². The number of hydrogen-bond donors (Lipinski definition) is 0. The van der Waals surface area contributed by atoms with Crippen molar-refractivity contribution >= 4 is 17.7 Å². The van der Waals surface area contributed by atoms with Gasteiger partial charge in [0.25, 0.3) is 5.91 Å². The quantitative estimate of drug-likeness (QED) is 0.846. The first-order valence-corrected chi connectivity index (χ1v) is 8.80. The Morgan fingerprint density at radius 3 is 2.52 bits per heavy atom. The SMILES string of the molecule is CN(C)c1ccc(C(=O)N2CCC3(C=Cc4cccnc43)CC2)cc1. The van der Waals surface area contributed by atoms with Crippen molar-refractivity contribution in [3.63, 3.8) is 0 Å². The van der Waals surface area contributed by atoms with Crippen LogP contribution in [0.15, 0.2) is 48.7 Å². The van der Waals surface area contributed by atoms with E-state index in [2.05, 4.69) is 23.2 Å². The molecule has 0 radical (unpaired) electrons. The van der Waals surface area contributed by atoms with E-state index in [1.54, 1.807) is 0 Å². The Hall–Kier alpha value is -2.62. The number of allylic oxidation sites excluding steroid dienone is 1. The first kappa shape index (κ1) is 15.9. The number of anilines is 1. The Balaban J connectivity index is 1.47. The molecule has 1 aliphatic carbocycles. The number of fused-ring (bicyclic) bond motifs is 2. The second-order valence-electron chi connectivity index (χ2n) is 7.16. The van der Waals surface area contributed by atoms with E-state index in [9.17, 15) is 4.79 Å². The Kier molecular flexibility index (Phi) is 3.83. The molecule has 1 aliphatic heterocycles. The highest BCUT2D eigenvalue weighted by Gasteiger charge is 2.40. The molecule has 1 saturated heterocycles. The first-order chi connectivity index (χ1) is 12.1. The molecule has 25 heavy (non-hydrogen) atoms. The third-order valence-electron chi connectivity index (χ3n) is 5.47. The molecule has 4 heteroatoms. The van der Waals surface area contributed by atoms with E-state index in [0.717, 1.165) is 37.2 Å². The molecule has 2 aliphatic rings. The van der Waals surface area contributed by atoms with Gasteiger partial charge in [-0.2, -0.15) is 0 Å². The van der Waals surface area contributed by atoms with Crippen molar-refractivity contribution in [1.29, 1.82) is 0 Å². The van der Waals surface area contributed by atoms with Crippen LogP contribution >= 0.6 is 0 Å². The summed E-state index contributed by atoms with van der Waals surface area (Å²) >= 11 is 0. The fraction of sp³-hybridized carbons (Fsp3) is 0.333. The molecule has 1 aromatic heterocycles. The summed E-state index contributed by atoms with van der Waals surface area (Å²) < 4.78 is 0. The van der Waals surface area contributed by atoms with Gasteiger partial charge >= 0.3 is 0 Å². The molecule has 1 spiro atoms. The number of likely N-dealkylation sites (tertiary alicyclic amines) is 1. The molecule has 0 N–H and O–H groups in total. The van der Waals surface area contributed by atoms with Crippen LogP contribution in [-0.4, -0.2) is 43.0 Å². The molecule has 1 amide bonds. The number of nitrogens with zero attached hydrogens (tertiary/aromatic N) is 3. The molecule has 0 bridgehead atoms. The van der Waals surface area contributed by atoms with Crippen LogP contribution in [0.1, 0.15) is 34.5 Å². The molecule has 0 saturated carbocycles. The van der Waals surface area contributed by atoms with Crippen LogP contribution in [0.3, 0.4) is 0 Å². The monoisotopic (exact) mass is 333 g/mol. The van der Waals surface area contributed by atoms with Gasteiger partial charge in [-0.15, -0.1) is 0 Å². The predicted octanol–water partition coefficient (Wildman–Crippen LogP) is 3.35. The lowest BCUT2D eigenvalue weighted by Gasteiger charge is -2.38. The predicted molar refractivity (Wildman–Crippen MR) is 101 cm³/mol. The zero-order valence-corrected chi connectivity index (χ0v) is 14.8. The summed E-state index contributed by atoms with van der Waals surface area (Å²) in [5.74, 6) is 0.128. The van der Waals surface area contributed by atoms with Gasteiger partial charge in [0.1, 0.15) is 0 Å². The maximum Gasteiger partial charge on any atom is 0.253 e. The molecular weight excluding hydrogens is 310 g/mol. The van der Waals surface area contributed by atoms with Crippen LogP contribution in [-0.2, 0) is 5.41 Å². The second kappa shape index (κ2) is 6.03. The van der Waals surface area contributed by atoms with Crippen molar-refractivity contribution in [3.05, 3.63) is 65.5 Å². The molecular formula is C21H23N3O. The third kappa shape index (κ3) is 2.72. The Morgan fingerprint density at radius 2 is 1.84 bits per heavy atom. The highest BCUT2D eigenvalue weighted by Crippen LogP contribution is 2.42. The van der Waals surface area contributed by atoms with E-state index in [-0.39, 0.29) is 11.3 Å². The summed E-state index contributed by atoms with van der Waals surface area (Å²) in [6.45, 7) is 1.54. The summed E-state index contributed by atoms with van der Waals surface area (Å²) in [6.07, 6.45) is 8.22. The number of benzene rings is 1. The van der Waals surface area contributed by atoms with Gasteiger partial charge in [0.15, 0.2) is 0 Å². The minimum atomic E-state index is 0.0160. The lowest BCUT2D eigenvalue weighted by molar-refractivity contribution is 0.0688. The van der Waals surface area contributed by atoms with Gasteiger partial charge in [0, 0.05) is 50.0 Å². The van der Waals surface area contributed by atoms with Crippen molar-refractivity contribution in [2.24, 2.45) is 0 Å². The van der Waals surface area contributed by atoms with Gasteiger partial charge in [-0.05, 0) is 48.7 Å². The highest BCUT2D eigenvalue weighted by molar-refractivity contribution is 5.94. The number of carbonyl (C=O) groups is 1. The molecule has 0 unspecified atom stereocenters. The largest absolute Gasteiger partial charge is 0.378 e. The van der Waals surface area contributed by atoms with Gasteiger partial charge in [-0.1, -0.05) is 18.2 Å². The van der Waals surface area contributed by atoms with Crippen LogP contribution < -0.4 is 4.90 Å². The summed E-state index contributed by atoms with van der Waals surface area (Å²) in [6, 6.07) is 12.0. The lowest BCUT2D eigenvalue weighted by atomic mass is 9.77. The van der Waals surface area contributed by atoms with Crippen LogP contribution in [0.25, 0.3) is 6.08 Å². The molecule has 1 fully saturated rings. The highest BCUT2D eigenvalue weighted by atomic mass is 16.2. The number of hydrogen-bond acceptors (Lipinski definition) is 3. The molecule has 4 rings (SSSR count). The van der Waals surface area contributed by atoms with E-state index in [4.69, 9.17) is 0 Å².